The molecule has 4 aromatic rings. The molecule has 5 heteroatoms. The average molecular weight is 319 g/mol. The molecular formula is C19H17N3O2. The van der Waals surface area contributed by atoms with Gasteiger partial charge in [0.25, 0.3) is 0 Å². The third-order valence-electron chi connectivity index (χ3n) is 4.09. The maximum atomic E-state index is 12.1. The average Bonchev–Trinajstić information content (AvgIpc) is 3.18. The summed E-state index contributed by atoms with van der Waals surface area (Å²) in [6.07, 6.45) is 5.34. The van der Waals surface area contributed by atoms with E-state index < -0.39 is 0 Å². The summed E-state index contributed by atoms with van der Waals surface area (Å²) in [7, 11) is 0. The smallest absolute Gasteiger partial charge is 0.343 e. The van der Waals surface area contributed by atoms with Crippen molar-refractivity contribution in [3.8, 4) is 0 Å². The van der Waals surface area contributed by atoms with E-state index in [4.69, 9.17) is 4.74 Å². The minimum absolute atomic E-state index is 0.342. The van der Waals surface area contributed by atoms with Gasteiger partial charge in [-0.25, -0.2) is 9.31 Å². The Bertz CT molecular complexity index is 1030. The van der Waals surface area contributed by atoms with Gasteiger partial charge in [0.1, 0.15) is 5.56 Å². The molecule has 0 spiro atoms. The zero-order valence-corrected chi connectivity index (χ0v) is 13.3. The minimum Gasteiger partial charge on any atom is -0.462 e. The van der Waals surface area contributed by atoms with Crippen LogP contribution < -0.4 is 0 Å². The number of hydrogen-bond acceptors (Lipinski definition) is 3. The van der Waals surface area contributed by atoms with Gasteiger partial charge < -0.3 is 9.30 Å². The Balaban J connectivity index is 1.73. The summed E-state index contributed by atoms with van der Waals surface area (Å²) in [6, 6.07) is 14.7. The van der Waals surface area contributed by atoms with Crippen molar-refractivity contribution in [2.24, 2.45) is 0 Å². The van der Waals surface area contributed by atoms with Gasteiger partial charge in [-0.15, -0.1) is 0 Å². The predicted octanol–water partition coefficient (Wildman–Crippen LogP) is 3.51. The van der Waals surface area contributed by atoms with Gasteiger partial charge in [0.05, 0.1) is 12.8 Å². The van der Waals surface area contributed by atoms with Crippen molar-refractivity contribution in [2.75, 3.05) is 6.61 Å². The van der Waals surface area contributed by atoms with Crippen LogP contribution in [0.2, 0.25) is 0 Å². The molecule has 0 fully saturated rings. The molecule has 0 N–H and O–H groups in total. The summed E-state index contributed by atoms with van der Waals surface area (Å²) in [4.78, 5) is 12.1. The molecule has 24 heavy (non-hydrogen) atoms. The van der Waals surface area contributed by atoms with E-state index in [2.05, 4.69) is 35.4 Å². The minimum atomic E-state index is -0.342. The fourth-order valence-corrected chi connectivity index (χ4v) is 2.98. The van der Waals surface area contributed by atoms with E-state index in [0.717, 1.165) is 5.65 Å². The number of carbonyl (C=O) groups excluding carboxylic acids is 1. The third-order valence-corrected chi connectivity index (χ3v) is 4.09. The van der Waals surface area contributed by atoms with Crippen LogP contribution >= 0.6 is 0 Å². The van der Waals surface area contributed by atoms with Crippen LogP contribution in [-0.2, 0) is 11.3 Å². The molecule has 4 rings (SSSR count). The fourth-order valence-electron chi connectivity index (χ4n) is 2.98. The van der Waals surface area contributed by atoms with Gasteiger partial charge >= 0.3 is 5.97 Å². The van der Waals surface area contributed by atoms with Crippen LogP contribution in [-0.4, -0.2) is 26.8 Å². The summed E-state index contributed by atoms with van der Waals surface area (Å²) in [5.74, 6) is -0.342. The van der Waals surface area contributed by atoms with Crippen LogP contribution in [0, 0.1) is 0 Å². The van der Waals surface area contributed by atoms with E-state index in [9.17, 15) is 4.79 Å². The standard InChI is InChI=1S/C19H17N3O2/c1-2-24-19(23)17-12-20-22-10-9-21(18(17)22)13-14-7-8-15-5-3-4-6-16(15)11-14/h3-12H,2,13H2,1H3. The summed E-state index contributed by atoms with van der Waals surface area (Å²) < 4.78 is 8.84. The van der Waals surface area contributed by atoms with Crippen molar-refractivity contribution in [3.63, 3.8) is 0 Å². The molecular weight excluding hydrogens is 302 g/mol. The molecule has 0 saturated carbocycles. The normalized spacial score (nSPS) is 11.2. The number of rotatable bonds is 4. The first-order valence-electron chi connectivity index (χ1n) is 7.93. The lowest BCUT2D eigenvalue weighted by Crippen LogP contribution is -2.07. The number of carbonyl (C=O) groups is 1. The van der Waals surface area contributed by atoms with E-state index in [1.54, 1.807) is 17.6 Å². The molecule has 0 aliphatic heterocycles. The van der Waals surface area contributed by atoms with Crippen molar-refractivity contribution in [3.05, 3.63) is 72.2 Å². The lowest BCUT2D eigenvalue weighted by atomic mass is 10.1. The van der Waals surface area contributed by atoms with E-state index in [-0.39, 0.29) is 5.97 Å². The SMILES string of the molecule is CCOC(=O)c1cnn2ccn(Cc3ccc4ccccc4c3)c12. The number of aromatic nitrogens is 3. The zero-order valence-electron chi connectivity index (χ0n) is 13.3. The van der Waals surface area contributed by atoms with Crippen molar-refractivity contribution >= 4 is 22.4 Å². The zero-order chi connectivity index (χ0) is 16.5. The highest BCUT2D eigenvalue weighted by Crippen LogP contribution is 2.19. The van der Waals surface area contributed by atoms with Crippen molar-refractivity contribution < 1.29 is 9.53 Å². The van der Waals surface area contributed by atoms with Crippen LogP contribution in [0.3, 0.4) is 0 Å². The number of imidazole rings is 1. The Kier molecular flexibility index (Phi) is 3.54. The Morgan fingerprint density at radius 2 is 1.96 bits per heavy atom. The van der Waals surface area contributed by atoms with Gasteiger partial charge in [0.15, 0.2) is 5.65 Å². The van der Waals surface area contributed by atoms with E-state index in [1.807, 2.05) is 29.1 Å². The lowest BCUT2D eigenvalue weighted by Gasteiger charge is -2.07. The highest BCUT2D eigenvalue weighted by Gasteiger charge is 2.17. The van der Waals surface area contributed by atoms with Crippen LogP contribution in [0.15, 0.2) is 61.1 Å². The third kappa shape index (κ3) is 2.44. The molecule has 0 saturated heterocycles. The highest BCUT2D eigenvalue weighted by molar-refractivity contribution is 5.95. The molecule has 0 atom stereocenters. The number of esters is 1. The predicted molar refractivity (Wildman–Crippen MR) is 92.2 cm³/mol. The fraction of sp³-hybridized carbons (Fsp3) is 0.158. The van der Waals surface area contributed by atoms with Crippen LogP contribution in [0.25, 0.3) is 16.4 Å². The molecule has 0 unspecified atom stereocenters. The van der Waals surface area contributed by atoms with Gasteiger partial charge in [-0.2, -0.15) is 5.10 Å². The topological polar surface area (TPSA) is 48.5 Å². The summed E-state index contributed by atoms with van der Waals surface area (Å²) in [6.45, 7) is 2.81. The molecule has 2 heterocycles. The first-order chi connectivity index (χ1) is 11.8. The van der Waals surface area contributed by atoms with E-state index in [1.165, 1.54) is 16.3 Å². The Hall–Kier alpha value is -3.08. The second kappa shape index (κ2) is 5.85. The first-order valence-corrected chi connectivity index (χ1v) is 7.93. The van der Waals surface area contributed by atoms with Crippen molar-refractivity contribution in [2.45, 2.75) is 13.5 Å². The number of fused-ring (bicyclic) bond motifs is 2. The molecule has 2 aromatic heterocycles. The van der Waals surface area contributed by atoms with Crippen molar-refractivity contribution in [1.29, 1.82) is 0 Å². The molecule has 0 aliphatic rings. The van der Waals surface area contributed by atoms with Crippen molar-refractivity contribution in [1.82, 2.24) is 14.2 Å². The molecule has 0 bridgehead atoms. The van der Waals surface area contributed by atoms with E-state index in [0.29, 0.717) is 18.7 Å². The number of hydrogen-bond donors (Lipinski definition) is 0. The maximum absolute atomic E-state index is 12.1. The second-order valence-corrected chi connectivity index (χ2v) is 5.65. The quantitative estimate of drug-likeness (QED) is 0.541. The lowest BCUT2D eigenvalue weighted by molar-refractivity contribution is 0.0528. The molecule has 5 nitrogen and oxygen atoms in total. The van der Waals surface area contributed by atoms with Crippen LogP contribution in [0.4, 0.5) is 0 Å². The number of nitrogens with zero attached hydrogens (tertiary/aromatic N) is 3. The molecule has 2 aromatic carbocycles. The Morgan fingerprint density at radius 1 is 1.12 bits per heavy atom. The van der Waals surface area contributed by atoms with Crippen LogP contribution in [0.1, 0.15) is 22.8 Å². The second-order valence-electron chi connectivity index (χ2n) is 5.65. The monoisotopic (exact) mass is 319 g/mol. The number of benzene rings is 2. The summed E-state index contributed by atoms with van der Waals surface area (Å²) in [5.41, 5.74) is 2.41. The summed E-state index contributed by atoms with van der Waals surface area (Å²) >= 11 is 0. The van der Waals surface area contributed by atoms with Crippen LogP contribution in [0.5, 0.6) is 0 Å². The molecule has 0 amide bonds. The van der Waals surface area contributed by atoms with E-state index >= 15 is 0 Å². The van der Waals surface area contributed by atoms with Gasteiger partial charge in [-0.3, -0.25) is 0 Å². The van der Waals surface area contributed by atoms with Gasteiger partial charge in [-0.1, -0.05) is 36.4 Å². The van der Waals surface area contributed by atoms with Gasteiger partial charge in [-0.05, 0) is 29.3 Å². The maximum Gasteiger partial charge on any atom is 0.343 e. The van der Waals surface area contributed by atoms with Gasteiger partial charge in [0, 0.05) is 18.9 Å². The Morgan fingerprint density at radius 3 is 2.79 bits per heavy atom. The first kappa shape index (κ1) is 14.5. The highest BCUT2D eigenvalue weighted by atomic mass is 16.5. The largest absolute Gasteiger partial charge is 0.462 e. The molecule has 0 radical (unpaired) electrons. The molecule has 0 aliphatic carbocycles. The number of ether oxygens (including phenoxy) is 1. The Labute approximate surface area is 139 Å². The summed E-state index contributed by atoms with van der Waals surface area (Å²) in [5, 5.41) is 6.65. The van der Waals surface area contributed by atoms with Gasteiger partial charge in [0.2, 0.25) is 0 Å². The molecule has 120 valence electrons.